The molecule has 2 atom stereocenters. The van der Waals surface area contributed by atoms with E-state index in [2.05, 4.69) is 15.2 Å². The van der Waals surface area contributed by atoms with E-state index in [4.69, 9.17) is 26.8 Å². The Kier molecular flexibility index (Phi) is 6.91. The van der Waals surface area contributed by atoms with E-state index in [0.29, 0.717) is 49.6 Å². The number of aromatic amines is 1. The number of rotatable bonds is 7. The van der Waals surface area contributed by atoms with E-state index < -0.39 is 0 Å². The van der Waals surface area contributed by atoms with Crippen molar-refractivity contribution in [3.05, 3.63) is 39.4 Å². The van der Waals surface area contributed by atoms with Crippen LogP contribution in [0, 0.1) is 0 Å². The zero-order chi connectivity index (χ0) is 21.8. The number of likely N-dealkylation sites (tertiary alicyclic amines) is 1. The van der Waals surface area contributed by atoms with Crippen molar-refractivity contribution < 1.29 is 19.4 Å². The van der Waals surface area contributed by atoms with Crippen LogP contribution in [0.5, 0.6) is 11.6 Å². The SMILES string of the molecule is COc1cc(N)c(Cl)cc1C(=O)NC1CCN(CCn2c(O)c[nH]c2=O)CC1OC. The number of methoxy groups -OCH3 is 2. The molecule has 3 rings (SSSR count). The molecule has 2 heterocycles. The maximum Gasteiger partial charge on any atom is 0.328 e. The number of nitrogens with two attached hydrogens (primary N) is 1. The fourth-order valence-corrected chi connectivity index (χ4v) is 3.76. The zero-order valence-corrected chi connectivity index (χ0v) is 17.6. The molecule has 0 spiro atoms. The van der Waals surface area contributed by atoms with Crippen LogP contribution in [-0.2, 0) is 11.3 Å². The molecule has 5 N–H and O–H groups in total. The van der Waals surface area contributed by atoms with E-state index >= 15 is 0 Å². The molecular formula is C19H26ClN5O5. The van der Waals surface area contributed by atoms with Crippen LogP contribution >= 0.6 is 11.6 Å². The molecule has 164 valence electrons. The Hall–Kier alpha value is -2.69. The molecule has 2 unspecified atom stereocenters. The summed E-state index contributed by atoms with van der Waals surface area (Å²) in [5.41, 5.74) is 6.07. The first-order valence-electron chi connectivity index (χ1n) is 9.50. The Morgan fingerprint density at radius 1 is 1.40 bits per heavy atom. The number of ether oxygens (including phenoxy) is 2. The van der Waals surface area contributed by atoms with Gasteiger partial charge in [-0.3, -0.25) is 14.3 Å². The molecule has 1 amide bonds. The van der Waals surface area contributed by atoms with E-state index in [1.54, 1.807) is 7.11 Å². The number of H-pyrrole nitrogens is 1. The number of aromatic hydroxyl groups is 1. The number of hydrogen-bond acceptors (Lipinski definition) is 7. The number of nitrogens with one attached hydrogen (secondary N) is 2. The number of imidazole rings is 1. The maximum absolute atomic E-state index is 12.8. The Morgan fingerprint density at radius 3 is 2.80 bits per heavy atom. The van der Waals surface area contributed by atoms with E-state index in [1.165, 1.54) is 30.0 Å². The minimum absolute atomic E-state index is 0.0958. The first-order valence-corrected chi connectivity index (χ1v) is 9.88. The second-order valence-electron chi connectivity index (χ2n) is 7.12. The summed E-state index contributed by atoms with van der Waals surface area (Å²) in [6.07, 6.45) is 1.68. The number of carbonyl (C=O) groups excluding carboxylic acids is 1. The molecule has 10 nitrogen and oxygen atoms in total. The summed E-state index contributed by atoms with van der Waals surface area (Å²) in [5, 5.41) is 13.0. The minimum atomic E-state index is -0.353. The molecular weight excluding hydrogens is 414 g/mol. The minimum Gasteiger partial charge on any atom is -0.496 e. The van der Waals surface area contributed by atoms with Gasteiger partial charge in [0.25, 0.3) is 5.91 Å². The highest BCUT2D eigenvalue weighted by Crippen LogP contribution is 2.29. The molecule has 1 aliphatic heterocycles. The van der Waals surface area contributed by atoms with Gasteiger partial charge in [0.15, 0.2) is 0 Å². The Balaban J connectivity index is 1.62. The first-order chi connectivity index (χ1) is 14.3. The third-order valence-electron chi connectivity index (χ3n) is 5.31. The normalized spacial score (nSPS) is 19.6. The highest BCUT2D eigenvalue weighted by atomic mass is 35.5. The lowest BCUT2D eigenvalue weighted by Crippen LogP contribution is -2.55. The van der Waals surface area contributed by atoms with Crippen LogP contribution in [0.4, 0.5) is 5.69 Å². The van der Waals surface area contributed by atoms with Crippen molar-refractivity contribution in [3.63, 3.8) is 0 Å². The molecule has 1 aromatic heterocycles. The number of carbonyl (C=O) groups is 1. The zero-order valence-electron chi connectivity index (χ0n) is 16.9. The average molecular weight is 440 g/mol. The van der Waals surface area contributed by atoms with E-state index in [0.717, 1.165) is 0 Å². The van der Waals surface area contributed by atoms with Crippen molar-refractivity contribution in [1.29, 1.82) is 0 Å². The van der Waals surface area contributed by atoms with Crippen molar-refractivity contribution >= 4 is 23.2 Å². The van der Waals surface area contributed by atoms with Gasteiger partial charge in [-0.25, -0.2) is 4.79 Å². The van der Waals surface area contributed by atoms with Gasteiger partial charge in [-0.1, -0.05) is 11.6 Å². The largest absolute Gasteiger partial charge is 0.496 e. The molecule has 11 heteroatoms. The predicted molar refractivity (Wildman–Crippen MR) is 112 cm³/mol. The fraction of sp³-hybridized carbons (Fsp3) is 0.474. The molecule has 1 aromatic carbocycles. The van der Waals surface area contributed by atoms with Crippen LogP contribution in [0.1, 0.15) is 16.8 Å². The third-order valence-corrected chi connectivity index (χ3v) is 5.64. The molecule has 0 saturated carbocycles. The molecule has 1 fully saturated rings. The Labute approximate surface area is 178 Å². The number of piperidine rings is 1. The van der Waals surface area contributed by atoms with Crippen molar-refractivity contribution in [3.8, 4) is 11.6 Å². The Morgan fingerprint density at radius 2 is 2.17 bits per heavy atom. The summed E-state index contributed by atoms with van der Waals surface area (Å²) in [5.74, 6) is -0.0721. The van der Waals surface area contributed by atoms with Gasteiger partial charge in [-0.2, -0.15) is 0 Å². The van der Waals surface area contributed by atoms with Gasteiger partial charge in [0, 0.05) is 39.4 Å². The van der Waals surface area contributed by atoms with Crippen LogP contribution in [-0.4, -0.2) is 71.5 Å². The standard InChI is InChI=1S/C19H26ClN5O5/c1-29-15-8-13(21)12(20)7-11(15)18(27)23-14-3-4-24(10-16(14)30-2)5-6-25-17(26)9-22-19(25)28/h7-9,14,16,26H,3-6,10,21H2,1-2H3,(H,22,28)(H,23,27). The number of benzene rings is 1. The van der Waals surface area contributed by atoms with Crippen LogP contribution < -0.4 is 21.5 Å². The average Bonchev–Trinajstić information content (AvgIpc) is 3.06. The molecule has 1 aliphatic rings. The summed E-state index contributed by atoms with van der Waals surface area (Å²) in [7, 11) is 3.06. The maximum atomic E-state index is 12.8. The predicted octanol–water partition coefficient (Wildman–Crippen LogP) is 0.646. The van der Waals surface area contributed by atoms with Crippen molar-refractivity contribution in [2.45, 2.75) is 25.1 Å². The van der Waals surface area contributed by atoms with Crippen LogP contribution in [0.3, 0.4) is 0 Å². The number of amides is 1. The second-order valence-corrected chi connectivity index (χ2v) is 7.53. The van der Waals surface area contributed by atoms with Gasteiger partial charge in [0.05, 0.1) is 41.7 Å². The van der Waals surface area contributed by atoms with Crippen LogP contribution in [0.25, 0.3) is 0 Å². The highest BCUT2D eigenvalue weighted by Gasteiger charge is 2.31. The van der Waals surface area contributed by atoms with Gasteiger partial charge < -0.3 is 30.6 Å². The van der Waals surface area contributed by atoms with Gasteiger partial charge in [-0.05, 0) is 12.5 Å². The highest BCUT2D eigenvalue weighted by molar-refractivity contribution is 6.33. The number of nitrogens with zero attached hydrogens (tertiary/aromatic N) is 2. The van der Waals surface area contributed by atoms with Gasteiger partial charge in [0.2, 0.25) is 5.88 Å². The van der Waals surface area contributed by atoms with E-state index in [-0.39, 0.29) is 34.6 Å². The number of nitrogen functional groups attached to an aromatic ring is 1. The summed E-state index contributed by atoms with van der Waals surface area (Å²) in [6, 6.07) is 2.80. The fourth-order valence-electron chi connectivity index (χ4n) is 3.59. The van der Waals surface area contributed by atoms with Crippen LogP contribution in [0.2, 0.25) is 5.02 Å². The first kappa shape index (κ1) is 22.0. The lowest BCUT2D eigenvalue weighted by atomic mass is 10.0. The quantitative estimate of drug-likeness (QED) is 0.465. The lowest BCUT2D eigenvalue weighted by molar-refractivity contribution is 0.00532. The smallest absolute Gasteiger partial charge is 0.328 e. The lowest BCUT2D eigenvalue weighted by Gasteiger charge is -2.38. The Bertz CT molecular complexity index is 959. The van der Waals surface area contributed by atoms with E-state index in [9.17, 15) is 14.7 Å². The number of hydrogen-bond donors (Lipinski definition) is 4. The van der Waals surface area contributed by atoms with Crippen molar-refractivity contribution in [2.75, 3.05) is 39.6 Å². The number of anilines is 1. The molecule has 1 saturated heterocycles. The summed E-state index contributed by atoms with van der Waals surface area (Å²) in [4.78, 5) is 29.1. The summed E-state index contributed by atoms with van der Waals surface area (Å²) >= 11 is 6.07. The van der Waals surface area contributed by atoms with E-state index in [1.807, 2.05) is 0 Å². The van der Waals surface area contributed by atoms with Crippen molar-refractivity contribution in [2.24, 2.45) is 0 Å². The molecule has 0 aliphatic carbocycles. The monoisotopic (exact) mass is 439 g/mol. The summed E-state index contributed by atoms with van der Waals surface area (Å²) < 4.78 is 12.1. The van der Waals surface area contributed by atoms with Gasteiger partial charge in [-0.15, -0.1) is 0 Å². The van der Waals surface area contributed by atoms with Gasteiger partial charge in [0.1, 0.15) is 5.75 Å². The molecule has 0 bridgehead atoms. The number of halogens is 1. The molecule has 0 radical (unpaired) electrons. The third kappa shape index (κ3) is 4.72. The molecule has 30 heavy (non-hydrogen) atoms. The number of aromatic nitrogens is 2. The summed E-state index contributed by atoms with van der Waals surface area (Å²) in [6.45, 7) is 2.18. The van der Waals surface area contributed by atoms with Crippen LogP contribution in [0.15, 0.2) is 23.1 Å². The molecule has 2 aromatic rings. The second kappa shape index (κ2) is 9.41. The van der Waals surface area contributed by atoms with Gasteiger partial charge >= 0.3 is 5.69 Å². The topological polar surface area (TPSA) is 135 Å². The van der Waals surface area contributed by atoms with Crippen molar-refractivity contribution in [1.82, 2.24) is 19.8 Å².